The van der Waals surface area contributed by atoms with E-state index in [2.05, 4.69) is 29.6 Å². The molecule has 1 aromatic carbocycles. The highest BCUT2D eigenvalue weighted by Gasteiger charge is 2.29. The van der Waals surface area contributed by atoms with Crippen LogP contribution in [0, 0.1) is 5.92 Å². The van der Waals surface area contributed by atoms with E-state index in [1.165, 1.54) is 16.9 Å². The molecule has 2 atom stereocenters. The molecule has 0 saturated carbocycles. The van der Waals surface area contributed by atoms with Crippen LogP contribution in [-0.2, 0) is 4.79 Å². The second-order valence-corrected chi connectivity index (χ2v) is 6.33. The molecule has 2 unspecified atom stereocenters. The lowest BCUT2D eigenvalue weighted by Crippen LogP contribution is -2.29. The summed E-state index contributed by atoms with van der Waals surface area (Å²) in [6, 6.07) is 8.65. The van der Waals surface area contributed by atoms with Crippen molar-refractivity contribution in [3.63, 3.8) is 0 Å². The number of hydrogen-bond donors (Lipinski definition) is 1. The van der Waals surface area contributed by atoms with Crippen LogP contribution in [-0.4, -0.2) is 18.2 Å². The van der Waals surface area contributed by atoms with Crippen molar-refractivity contribution in [2.24, 2.45) is 5.92 Å². The van der Waals surface area contributed by atoms with E-state index in [-0.39, 0.29) is 11.8 Å². The Morgan fingerprint density at radius 3 is 3.06 bits per heavy atom. The van der Waals surface area contributed by atoms with Gasteiger partial charge in [0.05, 0.1) is 0 Å². The van der Waals surface area contributed by atoms with Gasteiger partial charge in [-0.2, -0.15) is 0 Å². The van der Waals surface area contributed by atoms with Gasteiger partial charge in [0.15, 0.2) is 0 Å². The molecule has 0 spiro atoms. The molecule has 2 aliphatic rings. The van der Waals surface area contributed by atoms with Crippen molar-refractivity contribution < 1.29 is 4.79 Å². The van der Waals surface area contributed by atoms with E-state index in [1.807, 2.05) is 11.8 Å². The average molecular weight is 261 g/mol. The van der Waals surface area contributed by atoms with Crippen molar-refractivity contribution >= 4 is 17.7 Å². The molecule has 3 heteroatoms. The van der Waals surface area contributed by atoms with Gasteiger partial charge >= 0.3 is 0 Å². The summed E-state index contributed by atoms with van der Waals surface area (Å²) in [5.41, 5.74) is 1.46. The number of carbonyl (C=O) groups is 1. The first-order valence-electron chi connectivity index (χ1n) is 6.84. The lowest BCUT2D eigenvalue weighted by molar-refractivity contribution is -0.125. The number of fused-ring (bicyclic) bond motifs is 1. The zero-order valence-electron chi connectivity index (χ0n) is 10.5. The molecule has 1 N–H and O–H groups in total. The minimum Gasteiger partial charge on any atom is -0.356 e. The average Bonchev–Trinajstić information content (AvgIpc) is 2.69. The topological polar surface area (TPSA) is 29.1 Å². The van der Waals surface area contributed by atoms with Crippen molar-refractivity contribution in [1.29, 1.82) is 0 Å². The van der Waals surface area contributed by atoms with Crippen molar-refractivity contribution in [2.75, 3.05) is 12.3 Å². The van der Waals surface area contributed by atoms with Gasteiger partial charge in [-0.25, -0.2) is 0 Å². The quantitative estimate of drug-likeness (QED) is 0.886. The maximum absolute atomic E-state index is 12.0. The minimum atomic E-state index is 0.226. The van der Waals surface area contributed by atoms with Crippen LogP contribution in [0.5, 0.6) is 0 Å². The highest BCUT2D eigenvalue weighted by Crippen LogP contribution is 2.43. The molecule has 1 amide bonds. The highest BCUT2D eigenvalue weighted by atomic mass is 32.2. The van der Waals surface area contributed by atoms with Crippen molar-refractivity contribution in [2.45, 2.75) is 36.5 Å². The second kappa shape index (κ2) is 5.35. The van der Waals surface area contributed by atoms with Gasteiger partial charge in [-0.1, -0.05) is 24.6 Å². The van der Waals surface area contributed by atoms with Gasteiger partial charge in [0, 0.05) is 23.1 Å². The Morgan fingerprint density at radius 2 is 2.11 bits per heavy atom. The van der Waals surface area contributed by atoms with Crippen molar-refractivity contribution in [1.82, 2.24) is 5.32 Å². The minimum absolute atomic E-state index is 0.226. The number of rotatable bonds is 2. The van der Waals surface area contributed by atoms with Gasteiger partial charge in [0.1, 0.15) is 0 Å². The molecule has 96 valence electrons. The van der Waals surface area contributed by atoms with Gasteiger partial charge < -0.3 is 5.32 Å². The maximum atomic E-state index is 12.0. The summed E-state index contributed by atoms with van der Waals surface area (Å²) in [6.07, 6.45) is 4.41. The predicted octanol–water partition coefficient (Wildman–Crippen LogP) is 3.18. The highest BCUT2D eigenvalue weighted by molar-refractivity contribution is 7.99. The zero-order chi connectivity index (χ0) is 12.4. The first-order chi connectivity index (χ1) is 8.84. The van der Waals surface area contributed by atoms with Gasteiger partial charge in [-0.3, -0.25) is 4.79 Å². The third kappa shape index (κ3) is 2.41. The maximum Gasteiger partial charge on any atom is 0.223 e. The first-order valence-corrected chi connectivity index (χ1v) is 7.82. The van der Waals surface area contributed by atoms with E-state index in [1.54, 1.807) is 0 Å². The van der Waals surface area contributed by atoms with Crippen LogP contribution >= 0.6 is 11.8 Å². The summed E-state index contributed by atoms with van der Waals surface area (Å²) >= 11 is 1.94. The Labute approximate surface area is 113 Å². The smallest absolute Gasteiger partial charge is 0.223 e. The Hall–Kier alpha value is -0.960. The van der Waals surface area contributed by atoms with Crippen LogP contribution in [0.2, 0.25) is 0 Å². The lowest BCUT2D eigenvalue weighted by atomic mass is 9.87. The number of nitrogens with one attached hydrogen (secondary N) is 1. The van der Waals surface area contributed by atoms with Crippen LogP contribution < -0.4 is 5.32 Å². The van der Waals surface area contributed by atoms with E-state index >= 15 is 0 Å². The Morgan fingerprint density at radius 1 is 1.22 bits per heavy atom. The normalized spacial score (nSPS) is 27.4. The van der Waals surface area contributed by atoms with Gasteiger partial charge in [0.2, 0.25) is 5.91 Å². The summed E-state index contributed by atoms with van der Waals surface area (Å²) < 4.78 is 0. The predicted molar refractivity (Wildman–Crippen MR) is 74.9 cm³/mol. The number of carbonyl (C=O) groups excluding carboxylic acids is 1. The van der Waals surface area contributed by atoms with E-state index in [9.17, 15) is 4.79 Å². The lowest BCUT2D eigenvalue weighted by Gasteiger charge is -2.18. The fourth-order valence-electron chi connectivity index (χ4n) is 3.00. The zero-order valence-corrected chi connectivity index (χ0v) is 11.3. The second-order valence-electron chi connectivity index (χ2n) is 5.27. The van der Waals surface area contributed by atoms with Crippen LogP contribution in [0.25, 0.3) is 0 Å². The fraction of sp³-hybridized carbons (Fsp3) is 0.533. The van der Waals surface area contributed by atoms with E-state index in [0.717, 1.165) is 31.6 Å². The van der Waals surface area contributed by atoms with Crippen LogP contribution in [0.1, 0.15) is 37.2 Å². The SMILES string of the molecule is O=C1NCCCCC1CC1CSc2ccccc21. The number of benzene rings is 1. The molecule has 1 aromatic rings. The van der Waals surface area contributed by atoms with E-state index < -0.39 is 0 Å². The van der Waals surface area contributed by atoms with Crippen LogP contribution in [0.15, 0.2) is 29.2 Å². The molecule has 1 saturated heterocycles. The van der Waals surface area contributed by atoms with Gasteiger partial charge in [-0.15, -0.1) is 11.8 Å². The van der Waals surface area contributed by atoms with E-state index in [4.69, 9.17) is 0 Å². The monoisotopic (exact) mass is 261 g/mol. The molecule has 0 radical (unpaired) electrons. The first kappa shape index (κ1) is 12.1. The number of amides is 1. The molecule has 3 rings (SSSR count). The van der Waals surface area contributed by atoms with Gasteiger partial charge in [-0.05, 0) is 36.8 Å². The largest absolute Gasteiger partial charge is 0.356 e. The third-order valence-corrected chi connectivity index (χ3v) is 5.27. The van der Waals surface area contributed by atoms with Crippen LogP contribution in [0.4, 0.5) is 0 Å². The molecule has 2 aliphatic heterocycles. The van der Waals surface area contributed by atoms with Gasteiger partial charge in [0.25, 0.3) is 0 Å². The molecule has 1 fully saturated rings. The van der Waals surface area contributed by atoms with Crippen molar-refractivity contribution in [3.8, 4) is 0 Å². The molecule has 0 aromatic heterocycles. The fourth-order valence-corrected chi connectivity index (χ4v) is 4.27. The molecule has 0 aliphatic carbocycles. The summed E-state index contributed by atoms with van der Waals surface area (Å²) in [7, 11) is 0. The summed E-state index contributed by atoms with van der Waals surface area (Å²) in [6.45, 7) is 0.866. The Balaban J connectivity index is 1.72. The Bertz CT molecular complexity index is 446. The van der Waals surface area contributed by atoms with Crippen molar-refractivity contribution in [3.05, 3.63) is 29.8 Å². The summed E-state index contributed by atoms with van der Waals surface area (Å²) in [5.74, 6) is 2.22. The molecule has 0 bridgehead atoms. The Kier molecular flexibility index (Phi) is 3.59. The van der Waals surface area contributed by atoms with E-state index in [0.29, 0.717) is 5.92 Å². The molecule has 18 heavy (non-hydrogen) atoms. The molecular formula is C15H19NOS. The third-order valence-electron chi connectivity index (χ3n) is 4.02. The molecule has 2 heterocycles. The van der Waals surface area contributed by atoms with Crippen LogP contribution in [0.3, 0.4) is 0 Å². The standard InChI is InChI=1S/C15H19NOS/c17-15-11(5-3-4-8-16-15)9-12-10-18-14-7-2-1-6-13(12)14/h1-2,6-7,11-12H,3-5,8-10H2,(H,16,17). The molecular weight excluding hydrogens is 242 g/mol. The number of hydrogen-bond acceptors (Lipinski definition) is 2. The summed E-state index contributed by atoms with van der Waals surface area (Å²) in [4.78, 5) is 13.4. The molecule has 2 nitrogen and oxygen atoms in total. The summed E-state index contributed by atoms with van der Waals surface area (Å²) in [5, 5.41) is 3.05. The number of thioether (sulfide) groups is 1.